The summed E-state index contributed by atoms with van der Waals surface area (Å²) in [6.07, 6.45) is 9.56. The molecule has 2 aromatic heterocycles. The molecule has 7 nitrogen and oxygen atoms in total. The van der Waals surface area contributed by atoms with Gasteiger partial charge in [0.25, 0.3) is 0 Å². The molecule has 0 aliphatic heterocycles. The zero-order valence-corrected chi connectivity index (χ0v) is 18.3. The Bertz CT molecular complexity index is 1240. The lowest BCUT2D eigenvalue weighted by Gasteiger charge is -2.20. The highest BCUT2D eigenvalue weighted by Crippen LogP contribution is 2.38. The van der Waals surface area contributed by atoms with E-state index in [9.17, 15) is 14.4 Å². The van der Waals surface area contributed by atoms with Gasteiger partial charge in [0.2, 0.25) is 17.7 Å². The molecule has 0 atom stereocenters. The van der Waals surface area contributed by atoms with Crippen molar-refractivity contribution in [3.05, 3.63) is 48.8 Å². The largest absolute Gasteiger partial charge is 0.457 e. The Morgan fingerprint density at radius 1 is 0.909 bits per heavy atom. The Hall–Kier alpha value is -3.48. The molecule has 3 aromatic rings. The minimum Gasteiger partial charge on any atom is -0.457 e. The van der Waals surface area contributed by atoms with E-state index in [1.54, 1.807) is 22.9 Å². The molecule has 1 aromatic carbocycles. The van der Waals surface area contributed by atoms with Gasteiger partial charge in [0.1, 0.15) is 17.3 Å². The zero-order valence-electron chi connectivity index (χ0n) is 18.3. The smallest absolute Gasteiger partial charge is 0.238 e. The first-order chi connectivity index (χ1) is 16.1. The van der Waals surface area contributed by atoms with Gasteiger partial charge in [-0.2, -0.15) is 0 Å². The van der Waals surface area contributed by atoms with Crippen LogP contribution in [0.15, 0.2) is 48.8 Å². The molecular formula is C26H25N3O4. The number of fused-ring (bicyclic) bond motifs is 1. The van der Waals surface area contributed by atoms with Gasteiger partial charge in [0.05, 0.1) is 5.52 Å². The molecule has 0 spiro atoms. The summed E-state index contributed by atoms with van der Waals surface area (Å²) in [6.45, 7) is 0. The highest BCUT2D eigenvalue weighted by molar-refractivity contribution is 6.16. The Morgan fingerprint density at radius 3 is 2.27 bits per heavy atom. The van der Waals surface area contributed by atoms with Crippen molar-refractivity contribution in [1.29, 1.82) is 0 Å². The maximum Gasteiger partial charge on any atom is 0.238 e. The number of carbonyl (C=O) groups excluding carboxylic acids is 3. The van der Waals surface area contributed by atoms with Gasteiger partial charge in [-0.15, -0.1) is 0 Å². The van der Waals surface area contributed by atoms with E-state index in [0.29, 0.717) is 29.7 Å². The minimum atomic E-state index is -0.157. The van der Waals surface area contributed by atoms with E-state index in [-0.39, 0.29) is 29.6 Å². The zero-order chi connectivity index (χ0) is 22.5. The second-order valence-electron chi connectivity index (χ2n) is 9.46. The fourth-order valence-electron chi connectivity index (χ4n) is 4.15. The first kappa shape index (κ1) is 20.1. The molecule has 3 fully saturated rings. The van der Waals surface area contributed by atoms with Crippen LogP contribution in [0.5, 0.6) is 11.5 Å². The van der Waals surface area contributed by atoms with Gasteiger partial charge in [0, 0.05) is 42.1 Å². The third kappa shape index (κ3) is 4.15. The van der Waals surface area contributed by atoms with Gasteiger partial charge >= 0.3 is 0 Å². The van der Waals surface area contributed by atoms with Gasteiger partial charge in [-0.3, -0.25) is 19.0 Å². The molecule has 2 amide bonds. The average molecular weight is 444 g/mol. The second kappa shape index (κ2) is 7.83. The minimum absolute atomic E-state index is 0.0758. The Morgan fingerprint density at radius 2 is 1.61 bits per heavy atom. The third-order valence-electron chi connectivity index (χ3n) is 6.57. The molecule has 0 N–H and O–H groups in total. The first-order valence-electron chi connectivity index (χ1n) is 11.7. The van der Waals surface area contributed by atoms with E-state index >= 15 is 0 Å². The Kier molecular flexibility index (Phi) is 4.78. The van der Waals surface area contributed by atoms with E-state index in [1.165, 1.54) is 4.90 Å². The van der Waals surface area contributed by atoms with Gasteiger partial charge < -0.3 is 4.74 Å². The van der Waals surface area contributed by atoms with E-state index in [4.69, 9.17) is 4.74 Å². The summed E-state index contributed by atoms with van der Waals surface area (Å²) in [4.78, 5) is 43.7. The SMILES string of the molecule is O=C(C1CC1)N(C(=O)C1CC1)c1cc(Oc2ccc3c(ccn3C(=O)CC3CC3)c2)ccn1. The van der Waals surface area contributed by atoms with Crippen molar-refractivity contribution in [1.82, 2.24) is 9.55 Å². The van der Waals surface area contributed by atoms with Crippen molar-refractivity contribution < 1.29 is 19.1 Å². The van der Waals surface area contributed by atoms with Crippen LogP contribution in [0.1, 0.15) is 49.7 Å². The monoisotopic (exact) mass is 443 g/mol. The van der Waals surface area contributed by atoms with Crippen LogP contribution in [0.25, 0.3) is 10.9 Å². The predicted molar refractivity (Wildman–Crippen MR) is 122 cm³/mol. The van der Waals surface area contributed by atoms with Crippen LogP contribution < -0.4 is 9.64 Å². The highest BCUT2D eigenvalue weighted by atomic mass is 16.5. The van der Waals surface area contributed by atoms with Gasteiger partial charge in [-0.1, -0.05) is 0 Å². The van der Waals surface area contributed by atoms with Crippen molar-refractivity contribution in [3.63, 3.8) is 0 Å². The number of hydrogen-bond donors (Lipinski definition) is 0. The van der Waals surface area contributed by atoms with Crippen LogP contribution in [0.3, 0.4) is 0 Å². The number of carbonyl (C=O) groups is 3. The lowest BCUT2D eigenvalue weighted by molar-refractivity contribution is -0.127. The molecule has 0 unspecified atom stereocenters. The maximum atomic E-state index is 12.8. The maximum absolute atomic E-state index is 12.8. The molecule has 3 aliphatic carbocycles. The number of imide groups is 1. The summed E-state index contributed by atoms with van der Waals surface area (Å²) < 4.78 is 7.76. The molecular weight excluding hydrogens is 418 g/mol. The number of pyridine rings is 1. The van der Waals surface area contributed by atoms with Crippen molar-refractivity contribution in [2.24, 2.45) is 17.8 Å². The fourth-order valence-corrected chi connectivity index (χ4v) is 4.15. The lowest BCUT2D eigenvalue weighted by Crippen LogP contribution is -2.39. The average Bonchev–Trinajstić information content (AvgIpc) is 3.66. The van der Waals surface area contributed by atoms with Crippen LogP contribution in [0.4, 0.5) is 5.82 Å². The van der Waals surface area contributed by atoms with Crippen molar-refractivity contribution >= 4 is 34.4 Å². The molecule has 7 heteroatoms. The van der Waals surface area contributed by atoms with Gasteiger partial charge in [-0.25, -0.2) is 9.88 Å². The molecule has 168 valence electrons. The molecule has 33 heavy (non-hydrogen) atoms. The topological polar surface area (TPSA) is 81.5 Å². The summed E-state index contributed by atoms with van der Waals surface area (Å²) in [5.41, 5.74) is 0.861. The first-order valence-corrected chi connectivity index (χ1v) is 11.7. The van der Waals surface area contributed by atoms with E-state index in [1.807, 2.05) is 30.5 Å². The predicted octanol–water partition coefficient (Wildman–Crippen LogP) is 4.95. The number of rotatable bonds is 7. The van der Waals surface area contributed by atoms with E-state index in [2.05, 4.69) is 4.98 Å². The van der Waals surface area contributed by atoms with Crippen LogP contribution >= 0.6 is 0 Å². The summed E-state index contributed by atoms with van der Waals surface area (Å²) in [7, 11) is 0. The number of anilines is 1. The molecule has 3 aliphatic rings. The van der Waals surface area contributed by atoms with Crippen LogP contribution in [-0.4, -0.2) is 27.3 Å². The van der Waals surface area contributed by atoms with E-state index < -0.39 is 0 Å². The summed E-state index contributed by atoms with van der Waals surface area (Å²) in [5, 5.41) is 0.917. The lowest BCUT2D eigenvalue weighted by atomic mass is 10.2. The molecule has 6 rings (SSSR count). The Balaban J connectivity index is 1.24. The molecule has 0 saturated heterocycles. The number of benzene rings is 1. The highest BCUT2D eigenvalue weighted by Gasteiger charge is 2.42. The van der Waals surface area contributed by atoms with Crippen LogP contribution in [-0.2, 0) is 9.59 Å². The van der Waals surface area contributed by atoms with Gasteiger partial charge in [0.15, 0.2) is 0 Å². The summed E-state index contributed by atoms with van der Waals surface area (Å²) >= 11 is 0. The van der Waals surface area contributed by atoms with E-state index in [0.717, 1.165) is 49.4 Å². The fraction of sp³-hybridized carbons (Fsp3) is 0.385. The van der Waals surface area contributed by atoms with Gasteiger partial charge in [-0.05, 0) is 74.8 Å². The summed E-state index contributed by atoms with van der Waals surface area (Å²) in [6, 6.07) is 10.9. The third-order valence-corrected chi connectivity index (χ3v) is 6.57. The van der Waals surface area contributed by atoms with Crippen LogP contribution in [0, 0.1) is 17.8 Å². The van der Waals surface area contributed by atoms with Crippen molar-refractivity contribution in [2.75, 3.05) is 4.90 Å². The Labute approximate surface area is 191 Å². The number of ether oxygens (including phenoxy) is 1. The van der Waals surface area contributed by atoms with Crippen LogP contribution in [0.2, 0.25) is 0 Å². The molecule has 0 bridgehead atoms. The quantitative estimate of drug-likeness (QED) is 0.483. The normalized spacial score (nSPS) is 17.7. The summed E-state index contributed by atoms with van der Waals surface area (Å²) in [5.74, 6) is 1.63. The molecule has 0 radical (unpaired) electrons. The number of hydrogen-bond acceptors (Lipinski definition) is 5. The standard InChI is InChI=1S/C26H25N3O4/c30-24(13-16-1-2-16)28-12-10-19-14-20(7-8-22(19)28)33-21-9-11-27-23(15-21)29(25(31)17-3-4-17)26(32)18-5-6-18/h7-12,14-18H,1-6,13H2. The number of nitrogens with zero attached hydrogens (tertiary/aromatic N) is 3. The molecule has 3 saturated carbocycles. The second-order valence-corrected chi connectivity index (χ2v) is 9.46. The number of amides is 2. The number of aromatic nitrogens is 2. The molecule has 2 heterocycles. The van der Waals surface area contributed by atoms with Crippen molar-refractivity contribution in [3.8, 4) is 11.5 Å². The van der Waals surface area contributed by atoms with Crippen molar-refractivity contribution in [2.45, 2.75) is 44.9 Å².